The second-order valence-corrected chi connectivity index (χ2v) is 13.4. The fraction of sp³-hybridized carbons (Fsp3) is 0.444. The summed E-state index contributed by atoms with van der Waals surface area (Å²) in [6, 6.07) is 3.45. The van der Waals surface area contributed by atoms with Crippen LogP contribution in [0.4, 0.5) is 0 Å². The largest absolute Gasteiger partial charge is 0.481 e. The Morgan fingerprint density at radius 3 is 2.19 bits per heavy atom. The van der Waals surface area contributed by atoms with Crippen LogP contribution in [0.2, 0.25) is 0 Å². The van der Waals surface area contributed by atoms with Gasteiger partial charge in [-0.2, -0.15) is 0 Å². The number of carboxylic acids is 3. The molecule has 10 N–H and O–H groups in total. The van der Waals surface area contributed by atoms with Crippen LogP contribution in [-0.2, 0) is 55.9 Å². The standard InChI is InChI=1S/C36H43N5O12/c1-16(2)53-26(42)13-6-5-12-24(40-32(45)19-10-7-9-18(19)30(44)31(37)38)29(43)21-14-20-17-8-3-4-11-23(17)39-25(20)15-22(21)33(46)41-28(36(51)52)27(34(47)48)35(49)50/h3-4,6-8,10-11,13,16,18-19,21-22,24,27-28,31,39H,5,9,12,14-15,37-38H2,1-2H3,(H,40,45)(H,41,46)(H,47,48)(H,49,50)(H,51,52)/b13-6+. The molecule has 284 valence electrons. The highest BCUT2D eigenvalue weighted by Crippen LogP contribution is 2.37. The summed E-state index contributed by atoms with van der Waals surface area (Å²) in [5.74, 6) is -16.6. The lowest BCUT2D eigenvalue weighted by molar-refractivity contribution is -0.162. The molecule has 53 heavy (non-hydrogen) atoms. The highest BCUT2D eigenvalue weighted by molar-refractivity contribution is 6.02. The summed E-state index contributed by atoms with van der Waals surface area (Å²) in [4.78, 5) is 106. The molecular formula is C36H43N5O12. The summed E-state index contributed by atoms with van der Waals surface area (Å²) in [5, 5.41) is 34.2. The van der Waals surface area contributed by atoms with Crippen molar-refractivity contribution in [3.8, 4) is 0 Å². The molecule has 17 heteroatoms. The van der Waals surface area contributed by atoms with Gasteiger partial charge in [-0.25, -0.2) is 9.59 Å². The minimum absolute atomic E-state index is 0.0648. The number of esters is 1. The number of hydrogen-bond acceptors (Lipinski definition) is 11. The third-order valence-electron chi connectivity index (χ3n) is 9.42. The van der Waals surface area contributed by atoms with Gasteiger partial charge in [0.15, 0.2) is 23.5 Å². The maximum Gasteiger partial charge on any atom is 0.330 e. The van der Waals surface area contributed by atoms with Gasteiger partial charge in [0, 0.05) is 40.9 Å². The number of allylic oxidation sites excluding steroid dienone is 2. The Hall–Kier alpha value is -5.68. The van der Waals surface area contributed by atoms with Gasteiger partial charge in [-0.15, -0.1) is 0 Å². The highest BCUT2D eigenvalue weighted by Gasteiger charge is 2.46. The molecule has 0 spiro atoms. The molecule has 2 aliphatic rings. The van der Waals surface area contributed by atoms with E-state index in [0.717, 1.165) is 5.39 Å². The zero-order chi connectivity index (χ0) is 39.1. The second-order valence-electron chi connectivity index (χ2n) is 13.4. The van der Waals surface area contributed by atoms with Crippen LogP contribution in [0.5, 0.6) is 0 Å². The first-order valence-electron chi connectivity index (χ1n) is 17.0. The minimum Gasteiger partial charge on any atom is -0.481 e. The number of amides is 2. The summed E-state index contributed by atoms with van der Waals surface area (Å²) in [6.07, 6.45) is 3.98. The molecule has 2 aromatic rings. The number of ketones is 2. The number of aliphatic carboxylic acids is 3. The molecular weight excluding hydrogens is 694 g/mol. The third-order valence-corrected chi connectivity index (χ3v) is 9.42. The van der Waals surface area contributed by atoms with Crippen LogP contribution >= 0.6 is 0 Å². The number of benzene rings is 1. The molecule has 0 radical (unpaired) electrons. The number of aromatic nitrogens is 1. The maximum absolute atomic E-state index is 14.6. The first kappa shape index (κ1) is 40.1. The van der Waals surface area contributed by atoms with E-state index in [1.54, 1.807) is 38.1 Å². The number of carbonyl (C=O) groups excluding carboxylic acids is 5. The van der Waals surface area contributed by atoms with E-state index in [4.69, 9.17) is 16.2 Å². The van der Waals surface area contributed by atoms with Gasteiger partial charge in [0.25, 0.3) is 0 Å². The molecule has 1 aromatic heterocycles. The Labute approximate surface area is 303 Å². The number of carboxylic acid groups (broad SMARTS) is 3. The fourth-order valence-corrected chi connectivity index (χ4v) is 6.89. The summed E-state index contributed by atoms with van der Waals surface area (Å²) >= 11 is 0. The van der Waals surface area contributed by atoms with E-state index in [9.17, 15) is 53.7 Å². The van der Waals surface area contributed by atoms with Crippen LogP contribution in [-0.4, -0.2) is 91.9 Å². The monoisotopic (exact) mass is 737 g/mol. The third kappa shape index (κ3) is 9.41. The molecule has 4 rings (SSSR count). The minimum atomic E-state index is -2.55. The van der Waals surface area contributed by atoms with E-state index in [2.05, 4.69) is 10.3 Å². The highest BCUT2D eigenvalue weighted by atomic mass is 16.5. The smallest absolute Gasteiger partial charge is 0.330 e. The van der Waals surface area contributed by atoms with Crippen molar-refractivity contribution in [1.82, 2.24) is 15.6 Å². The van der Waals surface area contributed by atoms with Gasteiger partial charge in [0.05, 0.1) is 24.0 Å². The zero-order valence-electron chi connectivity index (χ0n) is 29.0. The molecule has 6 unspecified atom stereocenters. The summed E-state index contributed by atoms with van der Waals surface area (Å²) in [5.41, 5.74) is 13.1. The van der Waals surface area contributed by atoms with Gasteiger partial charge in [-0.05, 0) is 51.2 Å². The number of ether oxygens (including phenoxy) is 1. The van der Waals surface area contributed by atoms with Crippen molar-refractivity contribution in [2.24, 2.45) is 41.1 Å². The number of H-pyrrole nitrogens is 1. The number of aromatic amines is 1. The first-order chi connectivity index (χ1) is 25.0. The second kappa shape index (κ2) is 17.2. The van der Waals surface area contributed by atoms with Crippen LogP contribution in [0.15, 0.2) is 48.6 Å². The van der Waals surface area contributed by atoms with E-state index < -0.39 is 95.1 Å². The molecule has 0 bridgehead atoms. The molecule has 0 aliphatic heterocycles. The van der Waals surface area contributed by atoms with Crippen molar-refractivity contribution in [2.45, 2.75) is 70.3 Å². The number of para-hydroxylation sites is 1. The predicted molar refractivity (Wildman–Crippen MR) is 185 cm³/mol. The van der Waals surface area contributed by atoms with Crippen molar-refractivity contribution in [1.29, 1.82) is 0 Å². The lowest BCUT2D eigenvalue weighted by Gasteiger charge is -2.34. The van der Waals surface area contributed by atoms with E-state index in [1.165, 1.54) is 18.2 Å². The van der Waals surface area contributed by atoms with Crippen LogP contribution in [0.3, 0.4) is 0 Å². The van der Waals surface area contributed by atoms with E-state index in [0.29, 0.717) is 16.8 Å². The van der Waals surface area contributed by atoms with Gasteiger partial charge >= 0.3 is 23.9 Å². The van der Waals surface area contributed by atoms with E-state index in [-0.39, 0.29) is 38.2 Å². The van der Waals surface area contributed by atoms with Crippen molar-refractivity contribution >= 4 is 58.2 Å². The molecule has 1 heterocycles. The van der Waals surface area contributed by atoms with Crippen molar-refractivity contribution in [3.63, 3.8) is 0 Å². The Morgan fingerprint density at radius 2 is 1.57 bits per heavy atom. The number of nitrogens with one attached hydrogen (secondary N) is 3. The molecule has 6 atom stereocenters. The molecule has 0 fully saturated rings. The molecule has 0 saturated heterocycles. The maximum atomic E-state index is 14.6. The Morgan fingerprint density at radius 1 is 0.887 bits per heavy atom. The van der Waals surface area contributed by atoms with Gasteiger partial charge in [0.1, 0.15) is 6.17 Å². The van der Waals surface area contributed by atoms with E-state index in [1.807, 2.05) is 11.4 Å². The van der Waals surface area contributed by atoms with Crippen LogP contribution < -0.4 is 22.1 Å². The number of hydrogen-bond donors (Lipinski definition) is 8. The van der Waals surface area contributed by atoms with Crippen LogP contribution in [0, 0.1) is 29.6 Å². The Bertz CT molecular complexity index is 1830. The molecule has 17 nitrogen and oxygen atoms in total. The normalized spacial score (nSPS) is 20.7. The molecule has 2 amide bonds. The summed E-state index contributed by atoms with van der Waals surface area (Å²) < 4.78 is 5.10. The predicted octanol–water partition coefficient (Wildman–Crippen LogP) is 0.201. The Balaban J connectivity index is 1.72. The van der Waals surface area contributed by atoms with Crippen molar-refractivity contribution in [3.05, 3.63) is 59.8 Å². The zero-order valence-corrected chi connectivity index (χ0v) is 29.0. The van der Waals surface area contributed by atoms with Crippen LogP contribution in [0.25, 0.3) is 10.9 Å². The van der Waals surface area contributed by atoms with Gasteiger partial charge in [-0.3, -0.25) is 28.8 Å². The number of rotatable bonds is 17. The summed E-state index contributed by atoms with van der Waals surface area (Å²) in [6.45, 7) is 3.34. The van der Waals surface area contributed by atoms with Crippen molar-refractivity contribution in [2.75, 3.05) is 0 Å². The van der Waals surface area contributed by atoms with E-state index >= 15 is 0 Å². The molecule has 1 aromatic carbocycles. The molecule has 2 aliphatic carbocycles. The van der Waals surface area contributed by atoms with Gasteiger partial charge in [-0.1, -0.05) is 36.4 Å². The fourth-order valence-electron chi connectivity index (χ4n) is 6.89. The number of Topliss-reactive ketones (excluding diaryl/α,β-unsaturated/α-hetero) is 2. The van der Waals surface area contributed by atoms with Gasteiger partial charge < -0.3 is 47.1 Å². The lowest BCUT2D eigenvalue weighted by Crippen LogP contribution is -2.56. The Kier molecular flexibility index (Phi) is 13.0. The average molecular weight is 738 g/mol. The topological polar surface area (TPSA) is 298 Å². The number of carbonyl (C=O) groups is 8. The number of nitrogens with two attached hydrogens (primary N) is 2. The quantitative estimate of drug-likeness (QED) is 0.0354. The van der Waals surface area contributed by atoms with Crippen molar-refractivity contribution < 1.29 is 58.4 Å². The van der Waals surface area contributed by atoms with Gasteiger partial charge in [0.2, 0.25) is 11.8 Å². The molecule has 0 saturated carbocycles. The lowest BCUT2D eigenvalue weighted by atomic mass is 9.73. The number of fused-ring (bicyclic) bond motifs is 3. The SMILES string of the molecule is CC(C)OC(=O)/C=C/CCC(NC(=O)C1C=CCC1C(=O)C(N)N)C(=O)C1Cc2c([nH]c3ccccc23)CC1C(=O)NC(C(=O)O)C(C(=O)O)C(=O)O. The average Bonchev–Trinajstić information content (AvgIpc) is 3.72. The summed E-state index contributed by atoms with van der Waals surface area (Å²) in [7, 11) is 0. The van der Waals surface area contributed by atoms with Crippen LogP contribution in [0.1, 0.15) is 44.4 Å². The first-order valence-corrected chi connectivity index (χ1v) is 17.0.